The van der Waals surface area contributed by atoms with E-state index in [-0.39, 0.29) is 11.6 Å². The number of aromatic nitrogens is 4. The molecule has 0 saturated heterocycles. The van der Waals surface area contributed by atoms with Crippen LogP contribution >= 0.6 is 0 Å². The van der Waals surface area contributed by atoms with Crippen LogP contribution in [-0.2, 0) is 0 Å². The number of hydrogen-bond acceptors (Lipinski definition) is 4. The largest absolute Gasteiger partial charge is 0.335 e. The van der Waals surface area contributed by atoms with Gasteiger partial charge < -0.3 is 9.97 Å². The van der Waals surface area contributed by atoms with E-state index in [0.717, 1.165) is 60.6 Å². The minimum Gasteiger partial charge on any atom is -0.335 e. The number of H-pyrrole nitrogens is 2. The molecule has 0 atom stereocenters. The van der Waals surface area contributed by atoms with E-state index in [1.54, 1.807) is 0 Å². The van der Waals surface area contributed by atoms with Gasteiger partial charge in [0, 0.05) is 12.8 Å². The number of rotatable bonds is 11. The normalized spacial score (nSPS) is 11.3. The highest BCUT2D eigenvalue weighted by Crippen LogP contribution is 2.16. The Kier molecular flexibility index (Phi) is 6.32. The lowest BCUT2D eigenvalue weighted by atomic mass is 10.1. The van der Waals surface area contributed by atoms with Gasteiger partial charge in [0.15, 0.2) is 23.2 Å². The Morgan fingerprint density at radius 2 is 1.00 bits per heavy atom. The van der Waals surface area contributed by atoms with E-state index in [0.29, 0.717) is 24.5 Å². The Morgan fingerprint density at radius 3 is 1.43 bits per heavy atom. The number of Topliss-reactive ketones (excluding diaryl/α,β-unsaturated/α-hetero) is 2. The number of hydrogen-bond donors (Lipinski definition) is 2. The van der Waals surface area contributed by atoms with Gasteiger partial charge in [0.05, 0.1) is 22.1 Å². The third-order valence-corrected chi connectivity index (χ3v) is 5.36. The van der Waals surface area contributed by atoms with Gasteiger partial charge in [-0.05, 0) is 37.1 Å². The maximum Gasteiger partial charge on any atom is 0.198 e. The molecule has 2 aromatic carbocycles. The predicted molar refractivity (Wildman–Crippen MR) is 118 cm³/mol. The first-order chi connectivity index (χ1) is 14.7. The average Bonchev–Trinajstić information content (AvgIpc) is 3.39. The topological polar surface area (TPSA) is 91.5 Å². The molecule has 0 fully saturated rings. The second-order valence-electron chi connectivity index (χ2n) is 7.67. The molecule has 4 aromatic rings. The number of carbonyl (C=O) groups is 2. The summed E-state index contributed by atoms with van der Waals surface area (Å²) in [6, 6.07) is 15.4. The fourth-order valence-corrected chi connectivity index (χ4v) is 3.68. The monoisotopic (exact) mass is 402 g/mol. The first kappa shape index (κ1) is 20.0. The van der Waals surface area contributed by atoms with Crippen molar-refractivity contribution in [3.8, 4) is 0 Å². The molecule has 0 unspecified atom stereocenters. The van der Waals surface area contributed by atoms with Gasteiger partial charge in [-0.1, -0.05) is 49.9 Å². The summed E-state index contributed by atoms with van der Waals surface area (Å²) in [5, 5.41) is 0. The molecule has 2 N–H and O–H groups in total. The highest BCUT2D eigenvalue weighted by molar-refractivity contribution is 5.96. The molecule has 0 radical (unpaired) electrons. The summed E-state index contributed by atoms with van der Waals surface area (Å²) in [5.41, 5.74) is 3.46. The molecule has 2 heterocycles. The summed E-state index contributed by atoms with van der Waals surface area (Å²) in [6.07, 6.45) is 6.96. The summed E-state index contributed by atoms with van der Waals surface area (Å²) in [4.78, 5) is 39.5. The molecule has 0 amide bonds. The van der Waals surface area contributed by atoms with Crippen molar-refractivity contribution in [3.05, 3.63) is 60.2 Å². The molecule has 4 rings (SSSR count). The van der Waals surface area contributed by atoms with Gasteiger partial charge in [0.25, 0.3) is 0 Å². The number of nitrogens with one attached hydrogen (secondary N) is 2. The Morgan fingerprint density at radius 1 is 0.600 bits per heavy atom. The van der Waals surface area contributed by atoms with Crippen molar-refractivity contribution in [1.82, 2.24) is 19.9 Å². The molecule has 6 heteroatoms. The van der Waals surface area contributed by atoms with Crippen molar-refractivity contribution in [1.29, 1.82) is 0 Å². The maximum atomic E-state index is 12.3. The first-order valence-electron chi connectivity index (χ1n) is 10.7. The van der Waals surface area contributed by atoms with Crippen LogP contribution in [0.25, 0.3) is 22.1 Å². The van der Waals surface area contributed by atoms with Gasteiger partial charge in [0.2, 0.25) is 0 Å². The number of nitrogens with zero attached hydrogens (tertiary/aromatic N) is 2. The Labute approximate surface area is 175 Å². The number of fused-ring (bicyclic) bond motifs is 2. The average molecular weight is 402 g/mol. The van der Waals surface area contributed by atoms with Crippen LogP contribution in [0.4, 0.5) is 0 Å². The Hall–Kier alpha value is -3.28. The zero-order chi connectivity index (χ0) is 20.8. The van der Waals surface area contributed by atoms with E-state index in [9.17, 15) is 9.59 Å². The number of benzene rings is 2. The number of ketones is 2. The van der Waals surface area contributed by atoms with Crippen molar-refractivity contribution < 1.29 is 9.59 Å². The van der Waals surface area contributed by atoms with Crippen LogP contribution in [0.5, 0.6) is 0 Å². The highest BCUT2D eigenvalue weighted by Gasteiger charge is 2.12. The highest BCUT2D eigenvalue weighted by atomic mass is 16.1. The van der Waals surface area contributed by atoms with Crippen LogP contribution in [0, 0.1) is 0 Å². The smallest absolute Gasteiger partial charge is 0.198 e. The van der Waals surface area contributed by atoms with E-state index < -0.39 is 0 Å². The molecule has 2 aromatic heterocycles. The lowest BCUT2D eigenvalue weighted by Crippen LogP contribution is -2.02. The zero-order valence-electron chi connectivity index (χ0n) is 17.0. The van der Waals surface area contributed by atoms with E-state index in [1.807, 2.05) is 48.5 Å². The maximum absolute atomic E-state index is 12.3. The van der Waals surface area contributed by atoms with E-state index in [1.165, 1.54) is 0 Å². The quantitative estimate of drug-likeness (QED) is 0.251. The molecule has 6 nitrogen and oxygen atoms in total. The van der Waals surface area contributed by atoms with Crippen LogP contribution in [0.15, 0.2) is 48.5 Å². The van der Waals surface area contributed by atoms with Crippen LogP contribution in [0.1, 0.15) is 72.6 Å². The van der Waals surface area contributed by atoms with Gasteiger partial charge in [-0.3, -0.25) is 9.59 Å². The summed E-state index contributed by atoms with van der Waals surface area (Å²) >= 11 is 0. The summed E-state index contributed by atoms with van der Waals surface area (Å²) in [5.74, 6) is 1.06. The van der Waals surface area contributed by atoms with E-state index >= 15 is 0 Å². The van der Waals surface area contributed by atoms with Crippen molar-refractivity contribution in [2.45, 2.75) is 51.4 Å². The van der Waals surface area contributed by atoms with Crippen molar-refractivity contribution in [2.24, 2.45) is 0 Å². The molecule has 0 aliphatic rings. The fourth-order valence-electron chi connectivity index (χ4n) is 3.68. The summed E-state index contributed by atoms with van der Waals surface area (Å²) < 4.78 is 0. The molecule has 0 bridgehead atoms. The Bertz CT molecular complexity index is 1000. The predicted octanol–water partition coefficient (Wildman–Crippen LogP) is 5.63. The molecular formula is C24H26N4O2. The summed E-state index contributed by atoms with van der Waals surface area (Å²) in [6.45, 7) is 0. The molecule has 30 heavy (non-hydrogen) atoms. The van der Waals surface area contributed by atoms with Gasteiger partial charge in [-0.25, -0.2) is 9.97 Å². The second kappa shape index (κ2) is 9.48. The van der Waals surface area contributed by atoms with Crippen molar-refractivity contribution >= 4 is 33.6 Å². The van der Waals surface area contributed by atoms with Crippen molar-refractivity contribution in [2.75, 3.05) is 0 Å². The third-order valence-electron chi connectivity index (χ3n) is 5.36. The molecule has 0 aliphatic heterocycles. The summed E-state index contributed by atoms with van der Waals surface area (Å²) in [7, 11) is 0. The number of carbonyl (C=O) groups excluding carboxylic acids is 2. The van der Waals surface area contributed by atoms with Crippen LogP contribution < -0.4 is 0 Å². The van der Waals surface area contributed by atoms with Crippen LogP contribution in [0.3, 0.4) is 0 Å². The fraction of sp³-hybridized carbons (Fsp3) is 0.333. The van der Waals surface area contributed by atoms with Crippen LogP contribution in [-0.4, -0.2) is 31.5 Å². The Balaban J connectivity index is 1.10. The van der Waals surface area contributed by atoms with Gasteiger partial charge >= 0.3 is 0 Å². The lowest BCUT2D eigenvalue weighted by Gasteiger charge is -2.01. The van der Waals surface area contributed by atoms with Gasteiger partial charge in [0.1, 0.15) is 0 Å². The molecule has 154 valence electrons. The number of aromatic amines is 2. The standard InChI is InChI=1S/C24H26N4O2/c29-21(23-25-17-11-7-8-12-18(17)26-23)15-5-3-1-2-4-6-16-22(30)24-27-19-13-9-10-14-20(19)28-24/h7-14H,1-6,15-16H2,(H,25,26)(H,27,28). The molecule has 0 spiro atoms. The zero-order valence-corrected chi connectivity index (χ0v) is 17.0. The first-order valence-corrected chi connectivity index (χ1v) is 10.7. The third kappa shape index (κ3) is 4.82. The van der Waals surface area contributed by atoms with Gasteiger partial charge in [-0.2, -0.15) is 0 Å². The number of para-hydroxylation sites is 4. The van der Waals surface area contributed by atoms with E-state index in [4.69, 9.17) is 0 Å². The minimum atomic E-state index is 0.0719. The van der Waals surface area contributed by atoms with Crippen LogP contribution in [0.2, 0.25) is 0 Å². The number of unbranched alkanes of at least 4 members (excludes halogenated alkanes) is 5. The minimum absolute atomic E-state index is 0.0719. The molecule has 0 aliphatic carbocycles. The molecular weight excluding hydrogens is 376 g/mol. The van der Waals surface area contributed by atoms with E-state index in [2.05, 4.69) is 19.9 Å². The lowest BCUT2D eigenvalue weighted by molar-refractivity contribution is 0.0961. The van der Waals surface area contributed by atoms with Crippen molar-refractivity contribution in [3.63, 3.8) is 0 Å². The SMILES string of the molecule is O=C(CCCCCCCCC(=O)c1nc2ccccc2[nH]1)c1nc2ccccc2[nH]1. The second-order valence-corrected chi connectivity index (χ2v) is 7.67. The molecule has 0 saturated carbocycles. The number of imidazole rings is 2. The van der Waals surface area contributed by atoms with Gasteiger partial charge in [-0.15, -0.1) is 0 Å².